The molecule has 118 valence electrons. The Morgan fingerprint density at radius 1 is 1.33 bits per heavy atom. The van der Waals surface area contributed by atoms with E-state index in [0.29, 0.717) is 30.3 Å². The number of piperidine rings is 1. The molecule has 0 bridgehead atoms. The summed E-state index contributed by atoms with van der Waals surface area (Å²) < 4.78 is 32.6. The molecular formula is C15H22ClNO3S. The summed E-state index contributed by atoms with van der Waals surface area (Å²) in [6.07, 6.45) is 2.33. The molecule has 1 aliphatic rings. The third kappa shape index (κ3) is 3.59. The lowest BCUT2D eigenvalue weighted by atomic mass is 10.1. The normalized spacial score (nSPS) is 18.0. The lowest BCUT2D eigenvalue weighted by Crippen LogP contribution is -2.40. The Labute approximate surface area is 132 Å². The van der Waals surface area contributed by atoms with E-state index in [1.165, 1.54) is 0 Å². The maximum Gasteiger partial charge on any atom is 0.243 e. The van der Waals surface area contributed by atoms with Crippen molar-refractivity contribution in [1.82, 2.24) is 4.31 Å². The van der Waals surface area contributed by atoms with E-state index < -0.39 is 10.0 Å². The summed E-state index contributed by atoms with van der Waals surface area (Å²) in [4.78, 5) is 0.402. The number of rotatable bonds is 5. The molecule has 0 atom stereocenters. The van der Waals surface area contributed by atoms with Gasteiger partial charge in [-0.1, -0.05) is 19.1 Å². The number of hydrogen-bond acceptors (Lipinski definition) is 3. The van der Waals surface area contributed by atoms with Crippen LogP contribution in [0.15, 0.2) is 23.1 Å². The molecule has 4 nitrogen and oxygen atoms in total. The molecule has 1 aromatic rings. The van der Waals surface area contributed by atoms with E-state index in [4.69, 9.17) is 16.3 Å². The quantitative estimate of drug-likeness (QED) is 0.779. The van der Waals surface area contributed by atoms with Crippen molar-refractivity contribution < 1.29 is 13.2 Å². The third-order valence-electron chi connectivity index (χ3n) is 4.02. The Kier molecular flexibility index (Phi) is 5.66. The highest BCUT2D eigenvalue weighted by atomic mass is 35.5. The second-order valence-corrected chi connectivity index (χ2v) is 7.44. The zero-order valence-electron chi connectivity index (χ0n) is 12.5. The van der Waals surface area contributed by atoms with Crippen LogP contribution in [-0.2, 0) is 27.1 Å². The van der Waals surface area contributed by atoms with Gasteiger partial charge in [0.2, 0.25) is 10.0 Å². The number of ether oxygens (including phenoxy) is 1. The number of sulfonamides is 1. The first-order valence-electron chi connectivity index (χ1n) is 7.23. The van der Waals surface area contributed by atoms with E-state index >= 15 is 0 Å². The molecule has 0 N–H and O–H groups in total. The van der Waals surface area contributed by atoms with Crippen LogP contribution in [-0.4, -0.2) is 39.0 Å². The molecule has 2 rings (SSSR count). The van der Waals surface area contributed by atoms with Crippen LogP contribution in [0.1, 0.15) is 30.9 Å². The van der Waals surface area contributed by atoms with Gasteiger partial charge in [-0.25, -0.2) is 8.42 Å². The Balaban J connectivity index is 2.31. The van der Waals surface area contributed by atoms with Gasteiger partial charge in [-0.3, -0.25) is 0 Å². The van der Waals surface area contributed by atoms with E-state index in [9.17, 15) is 8.42 Å². The highest BCUT2D eigenvalue weighted by Gasteiger charge is 2.30. The monoisotopic (exact) mass is 331 g/mol. The third-order valence-corrected chi connectivity index (χ3v) is 6.31. The zero-order valence-corrected chi connectivity index (χ0v) is 14.1. The molecule has 0 aliphatic carbocycles. The standard InChI is InChI=1S/C15H22ClNO3S/c1-3-13-5-4-12(11-16)10-15(13)21(18,19)17-8-6-14(20-2)7-9-17/h4-5,10,14H,3,6-9,11H2,1-2H3. The lowest BCUT2D eigenvalue weighted by Gasteiger charge is -2.31. The first-order valence-corrected chi connectivity index (χ1v) is 9.21. The second kappa shape index (κ2) is 7.09. The average molecular weight is 332 g/mol. The predicted molar refractivity (Wildman–Crippen MR) is 84.2 cm³/mol. The molecule has 0 saturated carbocycles. The molecule has 1 heterocycles. The number of alkyl halides is 1. The summed E-state index contributed by atoms with van der Waals surface area (Å²) in [5, 5.41) is 0. The van der Waals surface area contributed by atoms with Crippen LogP contribution in [0.2, 0.25) is 0 Å². The van der Waals surface area contributed by atoms with Gasteiger partial charge in [0.05, 0.1) is 11.0 Å². The van der Waals surface area contributed by atoms with Gasteiger partial charge < -0.3 is 4.74 Å². The fourth-order valence-corrected chi connectivity index (χ4v) is 4.64. The van der Waals surface area contributed by atoms with E-state index in [-0.39, 0.29) is 6.10 Å². The molecule has 1 aliphatic heterocycles. The highest BCUT2D eigenvalue weighted by molar-refractivity contribution is 7.89. The van der Waals surface area contributed by atoms with Gasteiger partial charge in [-0.05, 0) is 36.5 Å². The van der Waals surface area contributed by atoms with E-state index in [1.807, 2.05) is 19.1 Å². The van der Waals surface area contributed by atoms with Crippen molar-refractivity contribution in [3.8, 4) is 0 Å². The fourth-order valence-electron chi connectivity index (χ4n) is 2.66. The molecule has 0 spiro atoms. The maximum absolute atomic E-state index is 12.9. The minimum Gasteiger partial charge on any atom is -0.381 e. The van der Waals surface area contributed by atoms with Gasteiger partial charge in [0.25, 0.3) is 0 Å². The molecule has 1 aromatic carbocycles. The van der Waals surface area contributed by atoms with Crippen molar-refractivity contribution in [3.05, 3.63) is 29.3 Å². The summed E-state index contributed by atoms with van der Waals surface area (Å²) in [5.41, 5.74) is 1.68. The summed E-state index contributed by atoms with van der Waals surface area (Å²) in [7, 11) is -1.78. The van der Waals surface area contributed by atoms with Crippen LogP contribution in [0.3, 0.4) is 0 Å². The van der Waals surface area contributed by atoms with Crippen LogP contribution in [0.25, 0.3) is 0 Å². The lowest BCUT2D eigenvalue weighted by molar-refractivity contribution is 0.0604. The van der Waals surface area contributed by atoms with Gasteiger partial charge in [-0.15, -0.1) is 11.6 Å². The molecule has 1 fully saturated rings. The second-order valence-electron chi connectivity index (χ2n) is 5.27. The summed E-state index contributed by atoms with van der Waals surface area (Å²) in [5.74, 6) is 0.318. The zero-order chi connectivity index (χ0) is 15.5. The Bertz CT molecular complexity index is 581. The smallest absolute Gasteiger partial charge is 0.243 e. The number of nitrogens with zero attached hydrogens (tertiary/aromatic N) is 1. The number of hydrogen-bond donors (Lipinski definition) is 0. The van der Waals surface area contributed by atoms with E-state index in [2.05, 4.69) is 0 Å². The Morgan fingerprint density at radius 2 is 2.00 bits per heavy atom. The van der Waals surface area contributed by atoms with Crippen molar-refractivity contribution in [2.75, 3.05) is 20.2 Å². The van der Waals surface area contributed by atoms with Crippen LogP contribution in [0, 0.1) is 0 Å². The largest absolute Gasteiger partial charge is 0.381 e. The van der Waals surface area contributed by atoms with Crippen LogP contribution < -0.4 is 0 Å². The van der Waals surface area contributed by atoms with Gasteiger partial charge in [0.15, 0.2) is 0 Å². The molecule has 1 saturated heterocycles. The Morgan fingerprint density at radius 3 is 2.52 bits per heavy atom. The SMILES string of the molecule is CCc1ccc(CCl)cc1S(=O)(=O)N1CCC(OC)CC1. The van der Waals surface area contributed by atoms with Crippen LogP contribution in [0.4, 0.5) is 0 Å². The summed E-state index contributed by atoms with van der Waals surface area (Å²) >= 11 is 5.84. The molecule has 0 unspecified atom stereocenters. The van der Waals surface area contributed by atoms with Crippen LogP contribution in [0.5, 0.6) is 0 Å². The molecule has 6 heteroatoms. The number of halogens is 1. The van der Waals surface area contributed by atoms with Crippen molar-refractivity contribution in [1.29, 1.82) is 0 Å². The minimum atomic E-state index is -3.45. The van der Waals surface area contributed by atoms with Crippen LogP contribution >= 0.6 is 11.6 Å². The highest BCUT2D eigenvalue weighted by Crippen LogP contribution is 2.26. The van der Waals surface area contributed by atoms with Crippen molar-refractivity contribution in [3.63, 3.8) is 0 Å². The van der Waals surface area contributed by atoms with E-state index in [0.717, 1.165) is 24.0 Å². The number of aryl methyl sites for hydroxylation is 1. The number of benzene rings is 1. The molecule has 0 amide bonds. The Hall–Kier alpha value is -0.620. The molecular weight excluding hydrogens is 310 g/mol. The summed E-state index contributed by atoms with van der Waals surface area (Å²) in [6, 6.07) is 5.47. The minimum absolute atomic E-state index is 0.163. The van der Waals surface area contributed by atoms with Crippen molar-refractivity contribution in [2.45, 2.75) is 43.1 Å². The van der Waals surface area contributed by atoms with Crippen molar-refractivity contribution in [2.24, 2.45) is 0 Å². The molecule has 21 heavy (non-hydrogen) atoms. The molecule has 0 radical (unpaired) electrons. The average Bonchev–Trinajstić information content (AvgIpc) is 2.54. The first kappa shape index (κ1) is 16.7. The van der Waals surface area contributed by atoms with E-state index in [1.54, 1.807) is 17.5 Å². The number of methoxy groups -OCH3 is 1. The fraction of sp³-hybridized carbons (Fsp3) is 0.600. The maximum atomic E-state index is 12.9. The predicted octanol–water partition coefficient (Wildman–Crippen LogP) is 2.79. The van der Waals surface area contributed by atoms with Gasteiger partial charge >= 0.3 is 0 Å². The van der Waals surface area contributed by atoms with Gasteiger partial charge in [-0.2, -0.15) is 4.31 Å². The van der Waals surface area contributed by atoms with Gasteiger partial charge in [0, 0.05) is 26.1 Å². The molecule has 0 aromatic heterocycles. The topological polar surface area (TPSA) is 46.6 Å². The van der Waals surface area contributed by atoms with Crippen molar-refractivity contribution >= 4 is 21.6 Å². The summed E-state index contributed by atoms with van der Waals surface area (Å²) in [6.45, 7) is 2.98. The van der Waals surface area contributed by atoms with Gasteiger partial charge in [0.1, 0.15) is 0 Å². The first-order chi connectivity index (χ1) is 10.0.